The SMILES string of the molecule is Cc1cc(-c2ccccc2)nc(C2(CO)CCC2)n1. The van der Waals surface area contributed by atoms with Crippen LogP contribution in [0.2, 0.25) is 0 Å². The van der Waals surface area contributed by atoms with Crippen LogP contribution in [-0.4, -0.2) is 21.7 Å². The Bertz CT molecular complexity index is 571. The summed E-state index contributed by atoms with van der Waals surface area (Å²) < 4.78 is 0. The summed E-state index contributed by atoms with van der Waals surface area (Å²) >= 11 is 0. The fourth-order valence-electron chi connectivity index (χ4n) is 2.62. The molecule has 0 atom stereocenters. The fraction of sp³-hybridized carbons (Fsp3) is 0.375. The van der Waals surface area contributed by atoms with Gasteiger partial charge in [-0.1, -0.05) is 36.8 Å². The van der Waals surface area contributed by atoms with Gasteiger partial charge in [-0.05, 0) is 25.8 Å². The van der Waals surface area contributed by atoms with E-state index in [-0.39, 0.29) is 12.0 Å². The van der Waals surface area contributed by atoms with Crippen molar-refractivity contribution in [3.63, 3.8) is 0 Å². The summed E-state index contributed by atoms with van der Waals surface area (Å²) in [5.74, 6) is 0.806. The number of rotatable bonds is 3. The summed E-state index contributed by atoms with van der Waals surface area (Å²) in [5, 5.41) is 9.66. The zero-order chi connectivity index (χ0) is 13.3. The zero-order valence-corrected chi connectivity index (χ0v) is 11.1. The summed E-state index contributed by atoms with van der Waals surface area (Å²) in [6.07, 6.45) is 3.13. The van der Waals surface area contributed by atoms with Gasteiger partial charge in [0.15, 0.2) is 0 Å². The van der Waals surface area contributed by atoms with E-state index in [9.17, 15) is 5.11 Å². The summed E-state index contributed by atoms with van der Waals surface area (Å²) in [7, 11) is 0. The van der Waals surface area contributed by atoms with Crippen molar-refractivity contribution in [2.45, 2.75) is 31.6 Å². The normalized spacial score (nSPS) is 16.9. The Labute approximate surface area is 113 Å². The summed E-state index contributed by atoms with van der Waals surface area (Å²) in [6, 6.07) is 12.1. The smallest absolute Gasteiger partial charge is 0.137 e. The van der Waals surface area contributed by atoms with Crippen molar-refractivity contribution in [2.24, 2.45) is 0 Å². The van der Waals surface area contributed by atoms with Crippen LogP contribution >= 0.6 is 0 Å². The van der Waals surface area contributed by atoms with Crippen LogP contribution in [0.1, 0.15) is 30.8 Å². The molecule has 3 nitrogen and oxygen atoms in total. The van der Waals surface area contributed by atoms with E-state index in [1.807, 2.05) is 31.2 Å². The minimum Gasteiger partial charge on any atom is -0.395 e. The number of aryl methyl sites for hydroxylation is 1. The molecule has 1 N–H and O–H groups in total. The highest BCUT2D eigenvalue weighted by Gasteiger charge is 2.41. The molecule has 0 amide bonds. The van der Waals surface area contributed by atoms with Gasteiger partial charge in [-0.25, -0.2) is 9.97 Å². The maximum absolute atomic E-state index is 9.66. The molecule has 1 saturated carbocycles. The van der Waals surface area contributed by atoms with Gasteiger partial charge in [0.05, 0.1) is 17.7 Å². The Hall–Kier alpha value is -1.74. The van der Waals surface area contributed by atoms with Gasteiger partial charge in [0, 0.05) is 11.3 Å². The Morgan fingerprint density at radius 2 is 1.89 bits per heavy atom. The van der Waals surface area contributed by atoms with Gasteiger partial charge >= 0.3 is 0 Å². The molecule has 3 rings (SSSR count). The van der Waals surface area contributed by atoms with E-state index in [4.69, 9.17) is 4.98 Å². The van der Waals surface area contributed by atoms with Gasteiger partial charge in [-0.2, -0.15) is 0 Å². The van der Waals surface area contributed by atoms with Gasteiger partial charge < -0.3 is 5.11 Å². The highest BCUT2D eigenvalue weighted by Crippen LogP contribution is 2.42. The standard InChI is InChI=1S/C16H18N2O/c1-12-10-14(13-6-3-2-4-7-13)18-15(17-12)16(11-19)8-5-9-16/h2-4,6-7,10,19H,5,8-9,11H2,1H3. The van der Waals surface area contributed by atoms with Crippen molar-refractivity contribution in [1.82, 2.24) is 9.97 Å². The predicted molar refractivity (Wildman–Crippen MR) is 74.8 cm³/mol. The maximum Gasteiger partial charge on any atom is 0.137 e. The number of aliphatic hydroxyl groups excluding tert-OH is 1. The molecule has 0 radical (unpaired) electrons. The molecule has 1 aromatic heterocycles. The predicted octanol–water partition coefficient (Wildman–Crippen LogP) is 2.87. The lowest BCUT2D eigenvalue weighted by atomic mass is 9.68. The van der Waals surface area contributed by atoms with Gasteiger partial charge in [0.25, 0.3) is 0 Å². The van der Waals surface area contributed by atoms with E-state index in [1.54, 1.807) is 0 Å². The van der Waals surface area contributed by atoms with Gasteiger partial charge in [0.1, 0.15) is 5.82 Å². The van der Waals surface area contributed by atoms with Crippen molar-refractivity contribution >= 4 is 0 Å². The average molecular weight is 254 g/mol. The summed E-state index contributed by atoms with van der Waals surface area (Å²) in [6.45, 7) is 2.13. The number of benzene rings is 1. The molecule has 1 aliphatic carbocycles. The van der Waals surface area contributed by atoms with Crippen LogP contribution < -0.4 is 0 Å². The number of hydrogen-bond donors (Lipinski definition) is 1. The Morgan fingerprint density at radius 1 is 1.16 bits per heavy atom. The van der Waals surface area contributed by atoms with E-state index >= 15 is 0 Å². The highest BCUT2D eigenvalue weighted by atomic mass is 16.3. The molecule has 1 heterocycles. The van der Waals surface area contributed by atoms with E-state index in [0.29, 0.717) is 0 Å². The van der Waals surface area contributed by atoms with Crippen molar-refractivity contribution in [1.29, 1.82) is 0 Å². The second kappa shape index (κ2) is 4.74. The minimum atomic E-state index is -0.199. The van der Waals surface area contributed by atoms with Crippen molar-refractivity contribution in [2.75, 3.05) is 6.61 Å². The third-order valence-corrected chi connectivity index (χ3v) is 4.01. The summed E-state index contributed by atoms with van der Waals surface area (Å²) in [5.41, 5.74) is 2.81. The van der Waals surface area contributed by atoms with Gasteiger partial charge in [-0.15, -0.1) is 0 Å². The van der Waals surface area contributed by atoms with Gasteiger partial charge in [0.2, 0.25) is 0 Å². The molecule has 1 aliphatic rings. The lowest BCUT2D eigenvalue weighted by Crippen LogP contribution is -2.40. The van der Waals surface area contributed by atoms with Crippen molar-refractivity contribution in [3.8, 4) is 11.3 Å². The van der Waals surface area contributed by atoms with Crippen LogP contribution in [0.15, 0.2) is 36.4 Å². The first kappa shape index (κ1) is 12.3. The molecule has 2 aromatic rings. The van der Waals surface area contributed by atoms with Crippen molar-refractivity contribution < 1.29 is 5.11 Å². The lowest BCUT2D eigenvalue weighted by Gasteiger charge is -2.38. The molecule has 0 spiro atoms. The first-order valence-corrected chi connectivity index (χ1v) is 6.76. The third-order valence-electron chi connectivity index (χ3n) is 4.01. The largest absolute Gasteiger partial charge is 0.395 e. The quantitative estimate of drug-likeness (QED) is 0.916. The zero-order valence-electron chi connectivity index (χ0n) is 11.1. The van der Waals surface area contributed by atoms with E-state index < -0.39 is 0 Å². The Balaban J connectivity index is 2.06. The van der Waals surface area contributed by atoms with Gasteiger partial charge in [-0.3, -0.25) is 0 Å². The number of nitrogens with zero attached hydrogens (tertiary/aromatic N) is 2. The highest BCUT2D eigenvalue weighted by molar-refractivity contribution is 5.59. The topological polar surface area (TPSA) is 46.0 Å². The molecule has 1 aromatic carbocycles. The second-order valence-corrected chi connectivity index (χ2v) is 5.38. The molecule has 0 bridgehead atoms. The average Bonchev–Trinajstić information content (AvgIpc) is 2.39. The molecule has 98 valence electrons. The van der Waals surface area contributed by atoms with Crippen LogP contribution in [0.25, 0.3) is 11.3 Å². The molecule has 19 heavy (non-hydrogen) atoms. The molecule has 1 fully saturated rings. The lowest BCUT2D eigenvalue weighted by molar-refractivity contribution is 0.112. The monoisotopic (exact) mass is 254 g/mol. The Morgan fingerprint density at radius 3 is 2.47 bits per heavy atom. The van der Waals surface area contributed by atoms with Crippen LogP contribution in [0, 0.1) is 6.92 Å². The van der Waals surface area contributed by atoms with Crippen LogP contribution in [0.3, 0.4) is 0 Å². The first-order valence-electron chi connectivity index (χ1n) is 6.76. The molecule has 0 unspecified atom stereocenters. The van der Waals surface area contributed by atoms with Crippen molar-refractivity contribution in [3.05, 3.63) is 47.9 Å². The van der Waals surface area contributed by atoms with Crippen LogP contribution in [0.5, 0.6) is 0 Å². The molecular weight excluding hydrogens is 236 g/mol. The Kier molecular flexibility index (Phi) is 3.07. The summed E-state index contributed by atoms with van der Waals surface area (Å²) in [4.78, 5) is 9.25. The number of hydrogen-bond acceptors (Lipinski definition) is 3. The second-order valence-electron chi connectivity index (χ2n) is 5.38. The van der Waals surface area contributed by atoms with Crippen LogP contribution in [0.4, 0.5) is 0 Å². The first-order chi connectivity index (χ1) is 9.23. The molecular formula is C16H18N2O. The van der Waals surface area contributed by atoms with Crippen LogP contribution in [-0.2, 0) is 5.41 Å². The fourth-order valence-corrected chi connectivity index (χ4v) is 2.62. The molecule has 0 saturated heterocycles. The number of aliphatic hydroxyl groups is 1. The van der Waals surface area contributed by atoms with E-state index in [1.165, 1.54) is 0 Å². The third kappa shape index (κ3) is 2.15. The minimum absolute atomic E-state index is 0.144. The number of aromatic nitrogens is 2. The molecule has 0 aliphatic heterocycles. The van der Waals surface area contributed by atoms with E-state index in [2.05, 4.69) is 17.1 Å². The maximum atomic E-state index is 9.66. The van der Waals surface area contributed by atoms with E-state index in [0.717, 1.165) is 42.0 Å². The molecule has 3 heteroatoms.